The Balaban J connectivity index is 2.24. The lowest BCUT2D eigenvalue weighted by atomic mass is 10.1. The van der Waals surface area contributed by atoms with Crippen molar-refractivity contribution in [1.29, 1.82) is 0 Å². The molecule has 1 saturated heterocycles. The summed E-state index contributed by atoms with van der Waals surface area (Å²) < 4.78 is 0. The molecule has 0 aliphatic carbocycles. The maximum Gasteiger partial charge on any atom is 0.305 e. The molecule has 6 nitrogen and oxygen atoms in total. The van der Waals surface area contributed by atoms with E-state index in [4.69, 9.17) is 5.11 Å². The second kappa shape index (κ2) is 5.20. The predicted molar refractivity (Wildman–Crippen MR) is 68.9 cm³/mol. The van der Waals surface area contributed by atoms with Crippen LogP contribution in [0.15, 0.2) is 6.07 Å². The number of aliphatic carboxylic acids is 1. The number of nitrogens with zero attached hydrogens (tertiary/aromatic N) is 3. The summed E-state index contributed by atoms with van der Waals surface area (Å²) in [7, 11) is 1.81. The summed E-state index contributed by atoms with van der Waals surface area (Å²) in [6.07, 6.45) is 2.08. The van der Waals surface area contributed by atoms with Gasteiger partial charge in [0.1, 0.15) is 17.5 Å². The molecule has 0 saturated carbocycles. The molecule has 98 valence electrons. The van der Waals surface area contributed by atoms with Crippen molar-refractivity contribution in [3.63, 3.8) is 0 Å². The Labute approximate surface area is 106 Å². The van der Waals surface area contributed by atoms with E-state index in [0.717, 1.165) is 31.0 Å². The predicted octanol–water partition coefficient (Wildman–Crippen LogP) is 1.27. The van der Waals surface area contributed by atoms with E-state index in [2.05, 4.69) is 20.2 Å². The minimum Gasteiger partial charge on any atom is -0.481 e. The van der Waals surface area contributed by atoms with E-state index < -0.39 is 5.97 Å². The summed E-state index contributed by atoms with van der Waals surface area (Å²) in [5.74, 6) is 1.51. The standard InChI is InChI=1S/C12H18N4O2/c1-8-14-10(13-2)7-11(15-8)16-5-3-4-9(16)6-12(17)18/h7,9H,3-6H2,1-2H3,(H,17,18)(H,13,14,15). The molecule has 2 N–H and O–H groups in total. The number of carboxylic acid groups (broad SMARTS) is 1. The van der Waals surface area contributed by atoms with Crippen LogP contribution in [-0.2, 0) is 4.79 Å². The number of aromatic nitrogens is 2. The van der Waals surface area contributed by atoms with Crippen LogP contribution in [0.2, 0.25) is 0 Å². The number of rotatable bonds is 4. The number of carboxylic acids is 1. The lowest BCUT2D eigenvalue weighted by Crippen LogP contribution is -2.32. The summed E-state index contributed by atoms with van der Waals surface area (Å²) in [5, 5.41) is 11.9. The normalized spacial score (nSPS) is 19.0. The molecule has 2 rings (SSSR count). The summed E-state index contributed by atoms with van der Waals surface area (Å²) in [5.41, 5.74) is 0. The molecule has 6 heteroatoms. The lowest BCUT2D eigenvalue weighted by Gasteiger charge is -2.25. The van der Waals surface area contributed by atoms with Crippen molar-refractivity contribution >= 4 is 17.6 Å². The smallest absolute Gasteiger partial charge is 0.305 e. The average Bonchev–Trinajstić information content (AvgIpc) is 2.75. The Hall–Kier alpha value is -1.85. The first-order valence-corrected chi connectivity index (χ1v) is 6.12. The zero-order chi connectivity index (χ0) is 13.1. The van der Waals surface area contributed by atoms with Crippen LogP contribution in [0.1, 0.15) is 25.1 Å². The fraction of sp³-hybridized carbons (Fsp3) is 0.583. The lowest BCUT2D eigenvalue weighted by molar-refractivity contribution is -0.137. The van der Waals surface area contributed by atoms with Gasteiger partial charge in [0, 0.05) is 25.7 Å². The van der Waals surface area contributed by atoms with Crippen LogP contribution in [0.4, 0.5) is 11.6 Å². The first kappa shape index (κ1) is 12.6. The summed E-state index contributed by atoms with van der Waals surface area (Å²) in [6.45, 7) is 2.70. The van der Waals surface area contributed by atoms with Gasteiger partial charge in [-0.25, -0.2) is 9.97 Å². The monoisotopic (exact) mass is 250 g/mol. The average molecular weight is 250 g/mol. The van der Waals surface area contributed by atoms with Gasteiger partial charge in [0.15, 0.2) is 0 Å². The third kappa shape index (κ3) is 2.69. The third-order valence-corrected chi connectivity index (χ3v) is 3.16. The van der Waals surface area contributed by atoms with Gasteiger partial charge in [0.25, 0.3) is 0 Å². The molecule has 0 bridgehead atoms. The fourth-order valence-electron chi connectivity index (χ4n) is 2.38. The van der Waals surface area contributed by atoms with Gasteiger partial charge >= 0.3 is 5.97 Å². The van der Waals surface area contributed by atoms with Crippen molar-refractivity contribution in [1.82, 2.24) is 9.97 Å². The molecule has 0 amide bonds. The second-order valence-corrected chi connectivity index (χ2v) is 4.50. The Bertz CT molecular complexity index is 450. The maximum absolute atomic E-state index is 10.9. The van der Waals surface area contributed by atoms with Gasteiger partial charge in [-0.3, -0.25) is 4.79 Å². The maximum atomic E-state index is 10.9. The topological polar surface area (TPSA) is 78.4 Å². The summed E-state index contributed by atoms with van der Waals surface area (Å²) in [4.78, 5) is 21.6. The second-order valence-electron chi connectivity index (χ2n) is 4.50. The van der Waals surface area contributed by atoms with Gasteiger partial charge in [0.2, 0.25) is 0 Å². The van der Waals surface area contributed by atoms with Crippen molar-refractivity contribution in [3.05, 3.63) is 11.9 Å². The molecule has 1 unspecified atom stereocenters. The van der Waals surface area contributed by atoms with E-state index in [9.17, 15) is 4.79 Å². The summed E-state index contributed by atoms with van der Waals surface area (Å²) in [6, 6.07) is 1.91. The van der Waals surface area contributed by atoms with E-state index in [0.29, 0.717) is 5.82 Å². The van der Waals surface area contributed by atoms with Gasteiger partial charge in [-0.1, -0.05) is 0 Å². The largest absolute Gasteiger partial charge is 0.481 e. The zero-order valence-electron chi connectivity index (χ0n) is 10.7. The molecule has 1 aliphatic rings. The van der Waals surface area contributed by atoms with Crippen LogP contribution >= 0.6 is 0 Å². The number of hydrogen-bond acceptors (Lipinski definition) is 5. The molecule has 0 spiro atoms. The van der Waals surface area contributed by atoms with Crippen LogP contribution in [-0.4, -0.2) is 40.7 Å². The molecule has 1 aliphatic heterocycles. The Kier molecular flexibility index (Phi) is 3.64. The SMILES string of the molecule is CNc1cc(N2CCCC2CC(=O)O)nc(C)n1. The van der Waals surface area contributed by atoms with Crippen molar-refractivity contribution < 1.29 is 9.90 Å². The molecular formula is C12H18N4O2. The van der Waals surface area contributed by atoms with Gasteiger partial charge in [0.05, 0.1) is 6.42 Å². The first-order valence-electron chi connectivity index (χ1n) is 6.12. The minimum atomic E-state index is -0.758. The van der Waals surface area contributed by atoms with E-state index in [1.807, 2.05) is 20.0 Å². The van der Waals surface area contributed by atoms with Crippen LogP contribution in [0, 0.1) is 6.92 Å². The third-order valence-electron chi connectivity index (χ3n) is 3.16. The highest BCUT2D eigenvalue weighted by atomic mass is 16.4. The quantitative estimate of drug-likeness (QED) is 0.838. The number of anilines is 2. The van der Waals surface area contributed by atoms with E-state index in [1.54, 1.807) is 0 Å². The Morgan fingerprint density at radius 1 is 1.61 bits per heavy atom. The van der Waals surface area contributed by atoms with E-state index >= 15 is 0 Å². The summed E-state index contributed by atoms with van der Waals surface area (Å²) >= 11 is 0. The van der Waals surface area contributed by atoms with Crippen LogP contribution in [0.3, 0.4) is 0 Å². The number of aryl methyl sites for hydroxylation is 1. The first-order chi connectivity index (χ1) is 8.60. The van der Waals surface area contributed by atoms with Gasteiger partial charge < -0.3 is 15.3 Å². The highest BCUT2D eigenvalue weighted by Crippen LogP contribution is 2.27. The van der Waals surface area contributed by atoms with Crippen LogP contribution < -0.4 is 10.2 Å². The minimum absolute atomic E-state index is 0.0431. The molecule has 1 atom stereocenters. The molecule has 18 heavy (non-hydrogen) atoms. The number of carbonyl (C=O) groups is 1. The molecule has 0 radical (unpaired) electrons. The highest BCUT2D eigenvalue weighted by molar-refractivity contribution is 5.68. The van der Waals surface area contributed by atoms with Crippen molar-refractivity contribution in [2.45, 2.75) is 32.2 Å². The van der Waals surface area contributed by atoms with Crippen molar-refractivity contribution in [3.8, 4) is 0 Å². The molecule has 2 heterocycles. The number of nitrogens with one attached hydrogen (secondary N) is 1. The Morgan fingerprint density at radius 3 is 3.06 bits per heavy atom. The van der Waals surface area contributed by atoms with Crippen LogP contribution in [0.25, 0.3) is 0 Å². The zero-order valence-corrected chi connectivity index (χ0v) is 10.7. The van der Waals surface area contributed by atoms with Gasteiger partial charge in [-0.2, -0.15) is 0 Å². The van der Waals surface area contributed by atoms with Crippen molar-refractivity contribution in [2.24, 2.45) is 0 Å². The molecule has 1 fully saturated rings. The van der Waals surface area contributed by atoms with Crippen molar-refractivity contribution in [2.75, 3.05) is 23.8 Å². The highest BCUT2D eigenvalue weighted by Gasteiger charge is 2.28. The number of hydrogen-bond donors (Lipinski definition) is 2. The van der Waals surface area contributed by atoms with Gasteiger partial charge in [-0.15, -0.1) is 0 Å². The van der Waals surface area contributed by atoms with Crippen LogP contribution in [0.5, 0.6) is 0 Å². The van der Waals surface area contributed by atoms with Gasteiger partial charge in [-0.05, 0) is 19.8 Å². The molecule has 1 aromatic heterocycles. The van der Waals surface area contributed by atoms with E-state index in [1.165, 1.54) is 0 Å². The molecular weight excluding hydrogens is 232 g/mol. The fourth-order valence-corrected chi connectivity index (χ4v) is 2.38. The Morgan fingerprint density at radius 2 is 2.39 bits per heavy atom. The van der Waals surface area contributed by atoms with E-state index in [-0.39, 0.29) is 12.5 Å². The molecule has 1 aromatic rings. The molecule has 0 aromatic carbocycles.